The number of rotatable bonds is 48. The molecular weight excluding hydrogens is 781 g/mol. The molecule has 6 nitrogen and oxygen atoms in total. The second kappa shape index (κ2) is 51.7. The van der Waals surface area contributed by atoms with Crippen LogP contribution in [0.5, 0.6) is 0 Å². The summed E-state index contributed by atoms with van der Waals surface area (Å²) in [7, 11) is 0. The zero-order valence-electron chi connectivity index (χ0n) is 41.6. The molecule has 0 spiro atoms. The molecular formula is C57H100O6. The van der Waals surface area contributed by atoms with Gasteiger partial charge in [0.15, 0.2) is 6.10 Å². The van der Waals surface area contributed by atoms with E-state index >= 15 is 0 Å². The highest BCUT2D eigenvalue weighted by Gasteiger charge is 2.19. The summed E-state index contributed by atoms with van der Waals surface area (Å²) < 4.78 is 16.6. The highest BCUT2D eigenvalue weighted by Crippen LogP contribution is 2.15. The first-order valence-electron chi connectivity index (χ1n) is 26.8. The molecule has 0 radical (unpaired) electrons. The average Bonchev–Trinajstić information content (AvgIpc) is 3.28. The Hall–Kier alpha value is -2.89. The van der Waals surface area contributed by atoms with E-state index in [0.29, 0.717) is 19.3 Å². The monoisotopic (exact) mass is 881 g/mol. The van der Waals surface area contributed by atoms with Gasteiger partial charge in [0.25, 0.3) is 0 Å². The Morgan fingerprint density at radius 1 is 0.317 bits per heavy atom. The van der Waals surface area contributed by atoms with Gasteiger partial charge in [-0.2, -0.15) is 0 Å². The molecule has 1 unspecified atom stereocenters. The Labute approximate surface area is 390 Å². The lowest BCUT2D eigenvalue weighted by Gasteiger charge is -2.18. The van der Waals surface area contributed by atoms with Gasteiger partial charge in [0.2, 0.25) is 0 Å². The number of carbonyl (C=O) groups excluding carboxylic acids is 3. The summed E-state index contributed by atoms with van der Waals surface area (Å²) in [6, 6.07) is 0. The van der Waals surface area contributed by atoms with Gasteiger partial charge in [-0.15, -0.1) is 0 Å². The van der Waals surface area contributed by atoms with Crippen LogP contribution in [0.2, 0.25) is 0 Å². The van der Waals surface area contributed by atoms with Crippen molar-refractivity contribution in [2.75, 3.05) is 13.2 Å². The summed E-state index contributed by atoms with van der Waals surface area (Å²) in [6.45, 7) is 6.47. The van der Waals surface area contributed by atoms with Crippen LogP contribution in [0.1, 0.15) is 265 Å². The molecule has 0 saturated carbocycles. The molecule has 0 fully saturated rings. The lowest BCUT2D eigenvalue weighted by atomic mass is 10.0. The van der Waals surface area contributed by atoms with E-state index < -0.39 is 6.10 Å². The smallest absolute Gasteiger partial charge is 0.306 e. The molecule has 0 rings (SSSR count). The van der Waals surface area contributed by atoms with Gasteiger partial charge in [-0.25, -0.2) is 0 Å². The van der Waals surface area contributed by atoms with Crippen LogP contribution in [0, 0.1) is 0 Å². The van der Waals surface area contributed by atoms with Gasteiger partial charge in [0.05, 0.1) is 0 Å². The molecule has 364 valence electrons. The zero-order valence-corrected chi connectivity index (χ0v) is 41.6. The molecule has 0 aliphatic rings. The van der Waals surface area contributed by atoms with E-state index in [-0.39, 0.29) is 31.1 Å². The fourth-order valence-corrected chi connectivity index (χ4v) is 7.43. The van der Waals surface area contributed by atoms with Crippen molar-refractivity contribution in [3.63, 3.8) is 0 Å². The third kappa shape index (κ3) is 50.0. The van der Waals surface area contributed by atoms with Crippen molar-refractivity contribution in [3.8, 4) is 0 Å². The van der Waals surface area contributed by atoms with E-state index in [1.165, 1.54) is 116 Å². The van der Waals surface area contributed by atoms with Gasteiger partial charge >= 0.3 is 17.9 Å². The van der Waals surface area contributed by atoms with Gasteiger partial charge in [-0.3, -0.25) is 14.4 Å². The highest BCUT2D eigenvalue weighted by atomic mass is 16.6. The van der Waals surface area contributed by atoms with Crippen LogP contribution in [0.15, 0.2) is 60.8 Å². The van der Waals surface area contributed by atoms with Crippen molar-refractivity contribution in [2.24, 2.45) is 0 Å². The van der Waals surface area contributed by atoms with Crippen molar-refractivity contribution < 1.29 is 28.6 Å². The van der Waals surface area contributed by atoms with Gasteiger partial charge in [-0.1, -0.05) is 223 Å². The molecule has 0 bridgehead atoms. The van der Waals surface area contributed by atoms with Crippen LogP contribution in [-0.4, -0.2) is 37.2 Å². The lowest BCUT2D eigenvalue weighted by molar-refractivity contribution is -0.167. The summed E-state index contributed by atoms with van der Waals surface area (Å²) in [5.74, 6) is -0.908. The fourth-order valence-electron chi connectivity index (χ4n) is 7.43. The summed E-state index contributed by atoms with van der Waals surface area (Å²) in [5, 5.41) is 0. The zero-order chi connectivity index (χ0) is 45.8. The predicted molar refractivity (Wildman–Crippen MR) is 270 cm³/mol. The summed E-state index contributed by atoms with van der Waals surface area (Å²) in [5.41, 5.74) is 0. The Bertz CT molecular complexity index is 1150. The van der Waals surface area contributed by atoms with E-state index in [4.69, 9.17) is 14.2 Å². The normalized spacial score (nSPS) is 12.5. The first-order chi connectivity index (χ1) is 31.0. The van der Waals surface area contributed by atoms with Crippen molar-refractivity contribution in [3.05, 3.63) is 60.8 Å². The highest BCUT2D eigenvalue weighted by molar-refractivity contribution is 5.71. The van der Waals surface area contributed by atoms with Gasteiger partial charge < -0.3 is 14.2 Å². The van der Waals surface area contributed by atoms with Crippen LogP contribution < -0.4 is 0 Å². The Balaban J connectivity index is 4.04. The molecule has 63 heavy (non-hydrogen) atoms. The van der Waals surface area contributed by atoms with Gasteiger partial charge in [0, 0.05) is 19.3 Å². The van der Waals surface area contributed by atoms with Crippen molar-refractivity contribution in [1.82, 2.24) is 0 Å². The third-order valence-corrected chi connectivity index (χ3v) is 11.5. The minimum Gasteiger partial charge on any atom is -0.462 e. The van der Waals surface area contributed by atoms with E-state index in [9.17, 15) is 14.4 Å². The van der Waals surface area contributed by atoms with Crippen molar-refractivity contribution >= 4 is 17.9 Å². The summed E-state index contributed by atoms with van der Waals surface area (Å²) in [4.78, 5) is 37.6. The van der Waals surface area contributed by atoms with Crippen molar-refractivity contribution in [2.45, 2.75) is 271 Å². The molecule has 0 aliphatic carbocycles. The van der Waals surface area contributed by atoms with Gasteiger partial charge in [0.1, 0.15) is 13.2 Å². The first-order valence-corrected chi connectivity index (χ1v) is 26.8. The van der Waals surface area contributed by atoms with Gasteiger partial charge in [-0.05, 0) is 83.5 Å². The molecule has 1 atom stereocenters. The third-order valence-electron chi connectivity index (χ3n) is 11.5. The molecule has 0 amide bonds. The van der Waals surface area contributed by atoms with Crippen LogP contribution in [-0.2, 0) is 28.6 Å². The van der Waals surface area contributed by atoms with E-state index in [1.807, 2.05) is 0 Å². The fraction of sp³-hybridized carbons (Fsp3) is 0.772. The maximum atomic E-state index is 12.7. The number of hydrogen-bond acceptors (Lipinski definition) is 6. The molecule has 0 heterocycles. The summed E-state index contributed by atoms with van der Waals surface area (Å²) in [6.07, 6.45) is 64.0. The number of esters is 3. The van der Waals surface area contributed by atoms with E-state index in [0.717, 1.165) is 109 Å². The number of hydrogen-bond donors (Lipinski definition) is 0. The molecule has 6 heteroatoms. The van der Waals surface area contributed by atoms with Crippen LogP contribution in [0.25, 0.3) is 0 Å². The second-order valence-electron chi connectivity index (χ2n) is 17.8. The standard InChI is InChI=1S/C57H100O6/c1-4-7-10-13-15-17-19-21-22-23-24-25-26-27-28-29-30-31-32-33-34-36-37-39-41-44-47-50-56(59)62-53-54(52-61-55(58)49-46-43-12-9-6-3)63-57(60)51-48-45-42-40-38-35-20-18-16-14-11-8-5-2/h11,14,18-21,23-24,26-27,54H,4-10,12-13,15-17,22,25,28-53H2,1-3H3/b14-11-,20-18-,21-19-,24-23-,27-26-. The molecule has 0 aliphatic heterocycles. The van der Waals surface area contributed by atoms with Crippen LogP contribution in [0.3, 0.4) is 0 Å². The molecule has 0 saturated heterocycles. The maximum Gasteiger partial charge on any atom is 0.306 e. The maximum absolute atomic E-state index is 12.7. The largest absolute Gasteiger partial charge is 0.462 e. The topological polar surface area (TPSA) is 78.9 Å². The first kappa shape index (κ1) is 60.1. The molecule has 0 aromatic rings. The Kier molecular flexibility index (Phi) is 49.4. The molecule has 0 N–H and O–H groups in total. The predicted octanol–water partition coefficient (Wildman–Crippen LogP) is 17.6. The number of unbranched alkanes of at least 4 members (excludes halogenated alkanes) is 27. The van der Waals surface area contributed by atoms with Crippen LogP contribution in [0.4, 0.5) is 0 Å². The second-order valence-corrected chi connectivity index (χ2v) is 17.8. The molecule has 0 aromatic carbocycles. The Morgan fingerprint density at radius 3 is 0.952 bits per heavy atom. The number of carbonyl (C=O) groups is 3. The number of ether oxygens (including phenoxy) is 3. The number of allylic oxidation sites excluding steroid dienone is 10. The molecule has 0 aromatic heterocycles. The average molecular weight is 881 g/mol. The Morgan fingerprint density at radius 2 is 0.603 bits per heavy atom. The minimum absolute atomic E-state index is 0.0804. The lowest BCUT2D eigenvalue weighted by Crippen LogP contribution is -2.30. The van der Waals surface area contributed by atoms with Crippen LogP contribution >= 0.6 is 0 Å². The SMILES string of the molecule is CCC/C=C\C/C=C\CCCCCCCC(=O)OC(COC(=O)CCCCCCC)COC(=O)CCCCCCCCCCCCCC/C=C\C/C=C\C/C=C\CCCCCCC. The summed E-state index contributed by atoms with van der Waals surface area (Å²) >= 11 is 0. The van der Waals surface area contributed by atoms with E-state index in [1.54, 1.807) is 0 Å². The quantitative estimate of drug-likeness (QED) is 0.0262. The van der Waals surface area contributed by atoms with Crippen molar-refractivity contribution in [1.29, 1.82) is 0 Å². The minimum atomic E-state index is -0.777. The van der Waals surface area contributed by atoms with E-state index in [2.05, 4.69) is 81.5 Å².